The maximum absolute atomic E-state index is 12.0. The molecule has 0 aliphatic carbocycles. The van der Waals surface area contributed by atoms with Crippen LogP contribution in [0.3, 0.4) is 0 Å². The first kappa shape index (κ1) is 11.2. The minimum absolute atomic E-state index is 0.289. The highest BCUT2D eigenvalue weighted by molar-refractivity contribution is 7.11. The van der Waals surface area contributed by atoms with E-state index in [1.54, 1.807) is 11.3 Å². The van der Waals surface area contributed by atoms with E-state index in [1.807, 2.05) is 18.7 Å². The summed E-state index contributed by atoms with van der Waals surface area (Å²) in [5, 5.41) is 4.50. The molecule has 0 saturated carbocycles. The third-order valence-corrected chi connectivity index (χ3v) is 4.80. The summed E-state index contributed by atoms with van der Waals surface area (Å²) in [5.41, 5.74) is 1.08. The summed E-state index contributed by atoms with van der Waals surface area (Å²) in [5.74, 6) is 0.289. The molecule has 0 aromatic carbocycles. The second-order valence-corrected chi connectivity index (χ2v) is 6.17. The molecule has 0 radical (unpaired) electrons. The number of likely N-dealkylation sites (tertiary alicyclic amines) is 1. The Hall–Kier alpha value is -0.940. The first-order valence-corrected chi connectivity index (χ1v) is 6.92. The lowest BCUT2D eigenvalue weighted by Gasteiger charge is -2.22. The average molecular weight is 251 g/mol. The van der Waals surface area contributed by atoms with Gasteiger partial charge in [-0.25, -0.2) is 4.98 Å². The van der Waals surface area contributed by atoms with Crippen LogP contribution in [-0.4, -0.2) is 34.4 Å². The van der Waals surface area contributed by atoms with Crippen molar-refractivity contribution in [2.45, 2.75) is 45.3 Å². The maximum Gasteiger partial charge on any atom is 0.224 e. The lowest BCUT2D eigenvalue weighted by atomic mass is 10.1. The summed E-state index contributed by atoms with van der Waals surface area (Å²) in [4.78, 5) is 19.7. The Balaban J connectivity index is 1.80. The van der Waals surface area contributed by atoms with Crippen molar-refractivity contribution >= 4 is 17.2 Å². The number of carbonyl (C=O) groups is 1. The Morgan fingerprint density at radius 3 is 3.06 bits per heavy atom. The highest BCUT2D eigenvalue weighted by atomic mass is 32.1. The van der Waals surface area contributed by atoms with Gasteiger partial charge in [-0.2, -0.15) is 0 Å². The summed E-state index contributed by atoms with van der Waals surface area (Å²) in [6.45, 7) is 5.84. The third kappa shape index (κ3) is 1.87. The van der Waals surface area contributed by atoms with Gasteiger partial charge in [0.05, 0.1) is 17.2 Å². The van der Waals surface area contributed by atoms with Crippen LogP contribution in [0.2, 0.25) is 0 Å². The lowest BCUT2D eigenvalue weighted by molar-refractivity contribution is -0.129. The van der Waals surface area contributed by atoms with Crippen molar-refractivity contribution in [3.63, 3.8) is 0 Å². The van der Waals surface area contributed by atoms with Crippen LogP contribution in [0, 0.1) is 13.8 Å². The Bertz CT molecular complexity index is 457. The predicted octanol–water partition coefficient (Wildman–Crippen LogP) is 1.22. The molecule has 1 N–H and O–H groups in total. The topological polar surface area (TPSA) is 45.2 Å². The fourth-order valence-electron chi connectivity index (χ4n) is 2.91. The van der Waals surface area contributed by atoms with Crippen molar-refractivity contribution in [1.29, 1.82) is 0 Å². The van der Waals surface area contributed by atoms with Crippen molar-refractivity contribution in [3.05, 3.63) is 15.6 Å². The van der Waals surface area contributed by atoms with Crippen LogP contribution in [0.25, 0.3) is 0 Å². The van der Waals surface area contributed by atoms with Gasteiger partial charge in [0.25, 0.3) is 0 Å². The van der Waals surface area contributed by atoms with Crippen LogP contribution in [0.1, 0.15) is 28.4 Å². The Labute approximate surface area is 105 Å². The zero-order valence-electron chi connectivity index (χ0n) is 10.2. The molecule has 5 heteroatoms. The summed E-state index contributed by atoms with van der Waals surface area (Å²) in [6.07, 6.45) is 1.76. The van der Waals surface area contributed by atoms with E-state index in [0.717, 1.165) is 30.2 Å². The number of hydrogen-bond acceptors (Lipinski definition) is 4. The lowest BCUT2D eigenvalue weighted by Crippen LogP contribution is -2.35. The summed E-state index contributed by atoms with van der Waals surface area (Å²) in [6, 6.07) is 0.793. The standard InChI is InChI=1S/C12H17N3OS/c1-7-11(17-8(2)14-7)6-15-10-3-4-13-9(10)5-12(15)16/h9-10,13H,3-6H2,1-2H3/t9-,10-/m1/s1. The molecule has 3 rings (SSSR count). The molecular formula is C12H17N3OS. The van der Waals surface area contributed by atoms with E-state index in [1.165, 1.54) is 4.88 Å². The largest absolute Gasteiger partial charge is 0.333 e. The first-order valence-electron chi connectivity index (χ1n) is 6.11. The molecule has 1 aromatic heterocycles. The summed E-state index contributed by atoms with van der Waals surface area (Å²) >= 11 is 1.71. The number of aromatic nitrogens is 1. The van der Waals surface area contributed by atoms with Crippen LogP contribution < -0.4 is 5.32 Å². The van der Waals surface area contributed by atoms with Gasteiger partial charge >= 0.3 is 0 Å². The van der Waals surface area contributed by atoms with Crippen LogP contribution in [0.4, 0.5) is 0 Å². The van der Waals surface area contributed by atoms with Gasteiger partial charge in [0.1, 0.15) is 0 Å². The zero-order valence-corrected chi connectivity index (χ0v) is 11.0. The quantitative estimate of drug-likeness (QED) is 0.859. The zero-order chi connectivity index (χ0) is 12.0. The van der Waals surface area contributed by atoms with E-state index in [0.29, 0.717) is 18.5 Å². The SMILES string of the molecule is Cc1nc(C)c(CN2C(=O)C[C@H]3NCC[C@H]32)s1. The monoisotopic (exact) mass is 251 g/mol. The number of fused-ring (bicyclic) bond motifs is 1. The molecule has 2 aliphatic heterocycles. The van der Waals surface area contributed by atoms with Crippen LogP contribution in [0.5, 0.6) is 0 Å². The van der Waals surface area contributed by atoms with Crippen LogP contribution in [-0.2, 0) is 11.3 Å². The summed E-state index contributed by atoms with van der Waals surface area (Å²) in [7, 11) is 0. The number of hydrogen-bond donors (Lipinski definition) is 1. The maximum atomic E-state index is 12.0. The van der Waals surface area contributed by atoms with Crippen LogP contribution in [0.15, 0.2) is 0 Å². The van der Waals surface area contributed by atoms with Gasteiger partial charge < -0.3 is 10.2 Å². The van der Waals surface area contributed by atoms with E-state index in [2.05, 4.69) is 10.3 Å². The molecule has 92 valence electrons. The minimum atomic E-state index is 0.289. The molecule has 17 heavy (non-hydrogen) atoms. The van der Waals surface area contributed by atoms with E-state index >= 15 is 0 Å². The molecule has 1 aromatic rings. The molecule has 0 unspecified atom stereocenters. The molecule has 2 fully saturated rings. The van der Waals surface area contributed by atoms with Gasteiger partial charge in [-0.3, -0.25) is 4.79 Å². The van der Waals surface area contributed by atoms with Gasteiger partial charge in [-0.05, 0) is 26.8 Å². The van der Waals surface area contributed by atoms with E-state index < -0.39 is 0 Å². The Morgan fingerprint density at radius 1 is 1.53 bits per heavy atom. The van der Waals surface area contributed by atoms with Gasteiger partial charge in [-0.1, -0.05) is 0 Å². The normalized spacial score (nSPS) is 27.9. The van der Waals surface area contributed by atoms with Gasteiger partial charge in [0.15, 0.2) is 0 Å². The molecule has 0 spiro atoms. The Kier molecular flexibility index (Phi) is 2.67. The van der Waals surface area contributed by atoms with E-state index in [9.17, 15) is 4.79 Å². The average Bonchev–Trinajstić information content (AvgIpc) is 2.88. The highest BCUT2D eigenvalue weighted by Crippen LogP contribution is 2.29. The molecule has 3 heterocycles. The molecule has 0 bridgehead atoms. The van der Waals surface area contributed by atoms with Crippen LogP contribution >= 0.6 is 11.3 Å². The Morgan fingerprint density at radius 2 is 2.35 bits per heavy atom. The van der Waals surface area contributed by atoms with Gasteiger partial charge in [0, 0.05) is 23.4 Å². The molecule has 2 saturated heterocycles. The fourth-order valence-corrected chi connectivity index (χ4v) is 3.84. The second kappa shape index (κ2) is 4.07. The number of thiazole rings is 1. The minimum Gasteiger partial charge on any atom is -0.333 e. The molecule has 4 nitrogen and oxygen atoms in total. The van der Waals surface area contributed by atoms with Gasteiger partial charge in [0.2, 0.25) is 5.91 Å². The number of nitrogens with zero attached hydrogens (tertiary/aromatic N) is 2. The summed E-state index contributed by atoms with van der Waals surface area (Å²) < 4.78 is 0. The van der Waals surface area contributed by atoms with E-state index in [4.69, 9.17) is 0 Å². The molecule has 2 aliphatic rings. The third-order valence-electron chi connectivity index (χ3n) is 3.74. The fraction of sp³-hybridized carbons (Fsp3) is 0.667. The molecule has 1 amide bonds. The van der Waals surface area contributed by atoms with Gasteiger partial charge in [-0.15, -0.1) is 11.3 Å². The highest BCUT2D eigenvalue weighted by Gasteiger charge is 2.42. The smallest absolute Gasteiger partial charge is 0.224 e. The van der Waals surface area contributed by atoms with Crippen molar-refractivity contribution in [3.8, 4) is 0 Å². The second-order valence-electron chi connectivity index (χ2n) is 4.88. The van der Waals surface area contributed by atoms with E-state index in [-0.39, 0.29) is 5.91 Å². The van der Waals surface area contributed by atoms with Crippen molar-refractivity contribution in [2.75, 3.05) is 6.54 Å². The number of rotatable bonds is 2. The van der Waals surface area contributed by atoms with Crippen molar-refractivity contribution in [1.82, 2.24) is 15.2 Å². The predicted molar refractivity (Wildman–Crippen MR) is 67.0 cm³/mol. The van der Waals surface area contributed by atoms with Crippen molar-refractivity contribution < 1.29 is 4.79 Å². The van der Waals surface area contributed by atoms with Crippen molar-refractivity contribution in [2.24, 2.45) is 0 Å². The number of nitrogens with one attached hydrogen (secondary N) is 1. The first-order chi connectivity index (χ1) is 8.15. The molecular weight excluding hydrogens is 234 g/mol. The number of carbonyl (C=O) groups excluding carboxylic acids is 1. The molecule has 2 atom stereocenters. The number of amides is 1. The number of aryl methyl sites for hydroxylation is 2.